The second-order valence-corrected chi connectivity index (χ2v) is 2.99. The Morgan fingerprint density at radius 3 is 2.53 bits per heavy atom. The molecular weight excluding hydrogens is 213 g/mol. The molecule has 0 saturated heterocycles. The summed E-state index contributed by atoms with van der Waals surface area (Å²) in [6.45, 7) is 0.530. The number of carbonyl (C=O) groups is 1. The maximum Gasteiger partial charge on any atom is 0.411 e. The highest BCUT2D eigenvalue weighted by Gasteiger charge is 2.27. The fourth-order valence-corrected chi connectivity index (χ4v) is 0.939. The van der Waals surface area contributed by atoms with Gasteiger partial charge in [0.1, 0.15) is 6.61 Å². The number of primary amides is 1. The fourth-order valence-electron chi connectivity index (χ4n) is 0.939. The summed E-state index contributed by atoms with van der Waals surface area (Å²) in [4.78, 5) is 10.7. The molecule has 0 aromatic heterocycles. The van der Waals surface area contributed by atoms with Gasteiger partial charge in [-0.25, -0.2) is 0 Å². The van der Waals surface area contributed by atoms with Crippen LogP contribution < -0.4 is 11.1 Å². The number of ether oxygens (including phenoxy) is 1. The molecule has 1 unspecified atom stereocenters. The van der Waals surface area contributed by atoms with E-state index >= 15 is 0 Å². The normalized spacial score (nSPS) is 13.9. The van der Waals surface area contributed by atoms with Crippen molar-refractivity contribution in [2.75, 3.05) is 19.8 Å². The van der Waals surface area contributed by atoms with Crippen molar-refractivity contribution in [3.63, 3.8) is 0 Å². The molecule has 0 aliphatic rings. The number of nitrogens with two attached hydrogens (primary N) is 1. The molecule has 7 heteroatoms. The molecule has 0 radical (unpaired) electrons. The van der Waals surface area contributed by atoms with Crippen molar-refractivity contribution in [2.24, 2.45) is 5.73 Å². The van der Waals surface area contributed by atoms with Crippen LogP contribution in [0.25, 0.3) is 0 Å². The average molecular weight is 228 g/mol. The molecule has 0 heterocycles. The van der Waals surface area contributed by atoms with Crippen LogP contribution in [-0.2, 0) is 9.53 Å². The van der Waals surface area contributed by atoms with E-state index in [-0.39, 0.29) is 13.2 Å². The summed E-state index contributed by atoms with van der Waals surface area (Å²) >= 11 is 0. The molecule has 0 aromatic carbocycles. The lowest BCUT2D eigenvalue weighted by molar-refractivity contribution is -0.173. The van der Waals surface area contributed by atoms with Gasteiger partial charge in [0.15, 0.2) is 0 Å². The highest BCUT2D eigenvalue weighted by Crippen LogP contribution is 2.13. The highest BCUT2D eigenvalue weighted by atomic mass is 19.4. The van der Waals surface area contributed by atoms with Crippen molar-refractivity contribution in [1.29, 1.82) is 0 Å². The van der Waals surface area contributed by atoms with E-state index in [1.54, 1.807) is 6.92 Å². The van der Waals surface area contributed by atoms with Crippen molar-refractivity contribution in [2.45, 2.75) is 25.6 Å². The Morgan fingerprint density at radius 1 is 1.53 bits per heavy atom. The van der Waals surface area contributed by atoms with Crippen LogP contribution >= 0.6 is 0 Å². The molecule has 1 atom stereocenters. The molecule has 0 saturated carbocycles. The number of carbonyl (C=O) groups excluding carboxylic acids is 1. The minimum Gasteiger partial charge on any atom is -0.371 e. The zero-order valence-corrected chi connectivity index (χ0v) is 8.43. The molecule has 1 amide bonds. The summed E-state index contributed by atoms with van der Waals surface area (Å²) in [6.07, 6.45) is -3.82. The van der Waals surface area contributed by atoms with Crippen molar-refractivity contribution >= 4 is 5.91 Å². The van der Waals surface area contributed by atoms with Gasteiger partial charge in [0.2, 0.25) is 5.91 Å². The number of amides is 1. The lowest BCUT2D eigenvalue weighted by Crippen LogP contribution is -2.42. The van der Waals surface area contributed by atoms with E-state index in [2.05, 4.69) is 10.1 Å². The van der Waals surface area contributed by atoms with Gasteiger partial charge in [0.25, 0.3) is 0 Å². The van der Waals surface area contributed by atoms with Crippen LogP contribution in [0.1, 0.15) is 13.3 Å². The standard InChI is InChI=1S/C8H15F3N2O2/c1-2-6(7(12)14)13-3-4-15-5-8(9,10)11/h6,13H,2-5H2,1H3,(H2,12,14). The fraction of sp³-hybridized carbons (Fsp3) is 0.875. The van der Waals surface area contributed by atoms with Crippen LogP contribution in [0.5, 0.6) is 0 Å². The van der Waals surface area contributed by atoms with Gasteiger partial charge in [-0.15, -0.1) is 0 Å². The van der Waals surface area contributed by atoms with E-state index in [1.807, 2.05) is 0 Å². The van der Waals surface area contributed by atoms with Gasteiger partial charge < -0.3 is 15.8 Å². The minimum absolute atomic E-state index is 0.108. The third-order valence-electron chi connectivity index (χ3n) is 1.65. The van der Waals surface area contributed by atoms with Crippen LogP contribution in [0.2, 0.25) is 0 Å². The van der Waals surface area contributed by atoms with Gasteiger partial charge in [-0.2, -0.15) is 13.2 Å². The summed E-state index contributed by atoms with van der Waals surface area (Å²) in [5.41, 5.74) is 5.01. The SMILES string of the molecule is CCC(NCCOCC(F)(F)F)C(N)=O. The number of hydrogen-bond acceptors (Lipinski definition) is 3. The Bertz CT molecular complexity index is 197. The Hall–Kier alpha value is -0.820. The number of alkyl halides is 3. The molecule has 15 heavy (non-hydrogen) atoms. The first-order chi connectivity index (χ1) is 6.87. The summed E-state index contributed by atoms with van der Waals surface area (Å²) < 4.78 is 39.2. The predicted molar refractivity (Wildman–Crippen MR) is 48.2 cm³/mol. The smallest absolute Gasteiger partial charge is 0.371 e. The first-order valence-corrected chi connectivity index (χ1v) is 4.54. The van der Waals surface area contributed by atoms with E-state index in [1.165, 1.54) is 0 Å². The van der Waals surface area contributed by atoms with Gasteiger partial charge in [0, 0.05) is 6.54 Å². The van der Waals surface area contributed by atoms with E-state index in [9.17, 15) is 18.0 Å². The third-order valence-corrected chi connectivity index (χ3v) is 1.65. The Balaban J connectivity index is 3.49. The van der Waals surface area contributed by atoms with E-state index in [0.717, 1.165) is 0 Å². The maximum absolute atomic E-state index is 11.6. The molecular formula is C8H15F3N2O2. The zero-order valence-electron chi connectivity index (χ0n) is 8.43. The van der Waals surface area contributed by atoms with E-state index < -0.39 is 24.7 Å². The van der Waals surface area contributed by atoms with E-state index in [4.69, 9.17) is 5.73 Å². The molecule has 0 bridgehead atoms. The first kappa shape index (κ1) is 14.2. The molecule has 4 nitrogen and oxygen atoms in total. The maximum atomic E-state index is 11.6. The molecule has 0 aliphatic carbocycles. The van der Waals surface area contributed by atoms with Crippen LogP contribution in [0.4, 0.5) is 13.2 Å². The number of nitrogens with one attached hydrogen (secondary N) is 1. The van der Waals surface area contributed by atoms with Gasteiger partial charge in [-0.05, 0) is 6.42 Å². The summed E-state index contributed by atoms with van der Waals surface area (Å²) in [7, 11) is 0. The lowest BCUT2D eigenvalue weighted by Gasteiger charge is -2.13. The summed E-state index contributed by atoms with van der Waals surface area (Å²) in [6, 6.07) is -0.514. The van der Waals surface area contributed by atoms with Crippen molar-refractivity contribution in [3.05, 3.63) is 0 Å². The molecule has 0 spiro atoms. The predicted octanol–water partition coefficient (Wildman–Crippen LogP) is 0.419. The van der Waals surface area contributed by atoms with Gasteiger partial charge in [0.05, 0.1) is 12.6 Å². The Morgan fingerprint density at radius 2 is 2.13 bits per heavy atom. The summed E-state index contributed by atoms with van der Waals surface area (Å²) in [5, 5.41) is 2.69. The van der Waals surface area contributed by atoms with Gasteiger partial charge in [-0.3, -0.25) is 4.79 Å². The highest BCUT2D eigenvalue weighted by molar-refractivity contribution is 5.79. The monoisotopic (exact) mass is 228 g/mol. The zero-order chi connectivity index (χ0) is 11.9. The Kier molecular flexibility index (Phi) is 6.26. The average Bonchev–Trinajstić information content (AvgIpc) is 2.08. The molecule has 0 aliphatic heterocycles. The van der Waals surface area contributed by atoms with Crippen LogP contribution in [0.15, 0.2) is 0 Å². The van der Waals surface area contributed by atoms with Crippen molar-refractivity contribution < 1.29 is 22.7 Å². The van der Waals surface area contributed by atoms with Gasteiger partial charge in [-0.1, -0.05) is 6.92 Å². The van der Waals surface area contributed by atoms with Gasteiger partial charge >= 0.3 is 6.18 Å². The van der Waals surface area contributed by atoms with E-state index in [0.29, 0.717) is 6.42 Å². The molecule has 0 rings (SSSR count). The lowest BCUT2D eigenvalue weighted by atomic mass is 10.2. The largest absolute Gasteiger partial charge is 0.411 e. The minimum atomic E-state index is -4.31. The first-order valence-electron chi connectivity index (χ1n) is 4.54. The topological polar surface area (TPSA) is 64.3 Å². The number of halogens is 3. The second-order valence-electron chi connectivity index (χ2n) is 2.99. The van der Waals surface area contributed by atoms with Crippen molar-refractivity contribution in [1.82, 2.24) is 5.32 Å². The van der Waals surface area contributed by atoms with Crippen molar-refractivity contribution in [3.8, 4) is 0 Å². The quantitative estimate of drug-likeness (QED) is 0.621. The number of hydrogen-bond donors (Lipinski definition) is 2. The third kappa shape index (κ3) is 8.19. The van der Waals surface area contributed by atoms with Crippen LogP contribution in [-0.4, -0.2) is 37.9 Å². The molecule has 90 valence electrons. The Labute approximate surface area is 86.0 Å². The molecule has 0 fully saturated rings. The summed E-state index contributed by atoms with van der Waals surface area (Å²) in [5.74, 6) is -0.520. The molecule has 3 N–H and O–H groups in total. The van der Waals surface area contributed by atoms with Crippen LogP contribution in [0, 0.1) is 0 Å². The number of rotatable bonds is 7. The molecule has 0 aromatic rings. The van der Waals surface area contributed by atoms with Crippen LogP contribution in [0.3, 0.4) is 0 Å². The second kappa shape index (κ2) is 6.62.